The number of pyridine rings is 1. The van der Waals surface area contributed by atoms with Crippen molar-refractivity contribution in [2.24, 2.45) is 0 Å². The number of anilines is 1. The largest absolute Gasteiger partial charge is 0.381 e. The van der Waals surface area contributed by atoms with Crippen LogP contribution >= 0.6 is 11.6 Å². The summed E-state index contributed by atoms with van der Waals surface area (Å²) < 4.78 is 0. The van der Waals surface area contributed by atoms with Gasteiger partial charge in [0.25, 0.3) is 5.56 Å². The van der Waals surface area contributed by atoms with Crippen LogP contribution in [0.4, 0.5) is 5.69 Å². The van der Waals surface area contributed by atoms with Gasteiger partial charge in [-0.25, -0.2) is 0 Å². The molecule has 4 rings (SSSR count). The van der Waals surface area contributed by atoms with Gasteiger partial charge in [-0.05, 0) is 66.7 Å². The molecule has 26 heavy (non-hydrogen) atoms. The molecule has 0 radical (unpaired) electrons. The molecule has 4 nitrogen and oxygen atoms in total. The minimum Gasteiger partial charge on any atom is -0.381 e. The average molecular weight is 368 g/mol. The van der Waals surface area contributed by atoms with Crippen LogP contribution in [0, 0.1) is 0 Å². The molecular formula is C21H22ClN3O. The van der Waals surface area contributed by atoms with Gasteiger partial charge in [0.15, 0.2) is 0 Å². The van der Waals surface area contributed by atoms with Gasteiger partial charge in [0.05, 0.1) is 0 Å². The van der Waals surface area contributed by atoms with E-state index in [0.29, 0.717) is 6.04 Å². The molecule has 2 heterocycles. The maximum atomic E-state index is 11.8. The van der Waals surface area contributed by atoms with Crippen molar-refractivity contribution in [1.29, 1.82) is 0 Å². The average Bonchev–Trinajstić information content (AvgIpc) is 2.62. The van der Waals surface area contributed by atoms with E-state index in [4.69, 9.17) is 11.6 Å². The van der Waals surface area contributed by atoms with Crippen LogP contribution in [-0.2, 0) is 6.54 Å². The third-order valence-electron chi connectivity index (χ3n) is 4.95. The first-order chi connectivity index (χ1) is 12.7. The summed E-state index contributed by atoms with van der Waals surface area (Å²) in [6.07, 6.45) is 4.02. The first-order valence-electron chi connectivity index (χ1n) is 9.02. The Kier molecular flexibility index (Phi) is 4.96. The highest BCUT2D eigenvalue weighted by Crippen LogP contribution is 2.21. The summed E-state index contributed by atoms with van der Waals surface area (Å²) in [7, 11) is 0. The number of aromatic amines is 1. The smallest absolute Gasteiger partial charge is 0.255 e. The molecule has 2 aromatic carbocycles. The van der Waals surface area contributed by atoms with Crippen LogP contribution in [0.3, 0.4) is 0 Å². The maximum Gasteiger partial charge on any atom is 0.255 e. The Morgan fingerprint density at radius 3 is 3.00 bits per heavy atom. The van der Waals surface area contributed by atoms with Gasteiger partial charge in [-0.1, -0.05) is 23.7 Å². The van der Waals surface area contributed by atoms with E-state index in [-0.39, 0.29) is 5.56 Å². The second kappa shape index (κ2) is 7.52. The molecule has 3 aromatic rings. The Labute approximate surface area is 157 Å². The van der Waals surface area contributed by atoms with Crippen molar-refractivity contribution in [3.63, 3.8) is 0 Å². The molecule has 0 bridgehead atoms. The summed E-state index contributed by atoms with van der Waals surface area (Å²) >= 11 is 6.10. The van der Waals surface area contributed by atoms with Crippen molar-refractivity contribution in [2.45, 2.75) is 25.4 Å². The minimum atomic E-state index is -0.0422. The molecule has 5 heteroatoms. The number of hydrogen-bond acceptors (Lipinski definition) is 3. The van der Waals surface area contributed by atoms with Crippen molar-refractivity contribution in [2.75, 3.05) is 18.4 Å². The van der Waals surface area contributed by atoms with Crippen molar-refractivity contribution >= 4 is 28.1 Å². The second-order valence-corrected chi connectivity index (χ2v) is 7.39. The Balaban J connectivity index is 1.44. The molecule has 1 saturated heterocycles. The van der Waals surface area contributed by atoms with E-state index in [0.717, 1.165) is 47.5 Å². The zero-order valence-electron chi connectivity index (χ0n) is 14.5. The quantitative estimate of drug-likeness (QED) is 0.724. The Morgan fingerprint density at radius 2 is 2.12 bits per heavy atom. The van der Waals surface area contributed by atoms with E-state index in [1.54, 1.807) is 6.20 Å². The predicted octanol–water partition coefficient (Wildman–Crippen LogP) is 4.26. The lowest BCUT2D eigenvalue weighted by molar-refractivity contribution is 0.208. The number of nitrogens with zero attached hydrogens (tertiary/aromatic N) is 1. The SMILES string of the molecule is O=c1[nH]ccc2cc(NC3CCCN(Cc4cccc(Cl)c4)C3)ccc12. The van der Waals surface area contributed by atoms with Crippen molar-refractivity contribution < 1.29 is 0 Å². The fraction of sp³-hybridized carbons (Fsp3) is 0.286. The standard InChI is InChI=1S/C21H22ClN3O/c22-17-4-1-3-15(11-17)13-25-10-2-5-19(14-25)24-18-6-7-20-16(12-18)8-9-23-21(20)26/h1,3-4,6-9,11-12,19,24H,2,5,10,13-14H2,(H,23,26). The molecule has 2 N–H and O–H groups in total. The first kappa shape index (κ1) is 17.1. The van der Waals surface area contributed by atoms with Gasteiger partial charge in [0, 0.05) is 41.4 Å². The number of fused-ring (bicyclic) bond motifs is 1. The zero-order chi connectivity index (χ0) is 17.9. The summed E-state index contributed by atoms with van der Waals surface area (Å²) in [5, 5.41) is 6.12. The minimum absolute atomic E-state index is 0.0422. The normalized spacial score (nSPS) is 18.1. The van der Waals surface area contributed by atoms with Crippen LogP contribution in [0.25, 0.3) is 10.8 Å². The number of benzene rings is 2. The number of rotatable bonds is 4. The summed E-state index contributed by atoms with van der Waals surface area (Å²) in [5.74, 6) is 0. The molecule has 1 aliphatic rings. The highest BCUT2D eigenvalue weighted by atomic mass is 35.5. The molecule has 0 aliphatic carbocycles. The molecule has 0 spiro atoms. The van der Waals surface area contributed by atoms with Gasteiger partial charge in [-0.2, -0.15) is 0 Å². The summed E-state index contributed by atoms with van der Waals surface area (Å²) in [5.41, 5.74) is 2.28. The number of aromatic nitrogens is 1. The lowest BCUT2D eigenvalue weighted by Gasteiger charge is -2.33. The number of nitrogens with one attached hydrogen (secondary N) is 2. The molecule has 0 saturated carbocycles. The fourth-order valence-electron chi connectivity index (χ4n) is 3.73. The number of piperidine rings is 1. The molecule has 134 valence electrons. The van der Waals surface area contributed by atoms with E-state index < -0.39 is 0 Å². The van der Waals surface area contributed by atoms with Crippen molar-refractivity contribution in [3.8, 4) is 0 Å². The molecular weight excluding hydrogens is 346 g/mol. The van der Waals surface area contributed by atoms with Crippen molar-refractivity contribution in [1.82, 2.24) is 9.88 Å². The molecule has 0 amide bonds. The van der Waals surface area contributed by atoms with Crippen LogP contribution in [0.1, 0.15) is 18.4 Å². The van der Waals surface area contributed by atoms with Gasteiger partial charge in [0.1, 0.15) is 0 Å². The van der Waals surface area contributed by atoms with E-state index in [1.807, 2.05) is 36.4 Å². The maximum absolute atomic E-state index is 11.8. The molecule has 1 aliphatic heterocycles. The van der Waals surface area contributed by atoms with Gasteiger partial charge >= 0.3 is 0 Å². The zero-order valence-corrected chi connectivity index (χ0v) is 15.3. The lowest BCUT2D eigenvalue weighted by atomic mass is 10.0. The molecule has 1 fully saturated rings. The topological polar surface area (TPSA) is 48.1 Å². The van der Waals surface area contributed by atoms with Crippen LogP contribution in [0.2, 0.25) is 5.02 Å². The highest BCUT2D eigenvalue weighted by molar-refractivity contribution is 6.30. The summed E-state index contributed by atoms with van der Waals surface area (Å²) in [4.78, 5) is 17.0. The molecule has 1 unspecified atom stereocenters. The van der Waals surface area contributed by atoms with E-state index in [1.165, 1.54) is 12.0 Å². The first-order valence-corrected chi connectivity index (χ1v) is 9.40. The van der Waals surface area contributed by atoms with Gasteiger partial charge in [-0.15, -0.1) is 0 Å². The van der Waals surface area contributed by atoms with Gasteiger partial charge in [0.2, 0.25) is 0 Å². The Hall–Kier alpha value is -2.30. The monoisotopic (exact) mass is 367 g/mol. The number of halogens is 1. The second-order valence-electron chi connectivity index (χ2n) is 6.96. The van der Waals surface area contributed by atoms with Crippen LogP contribution in [0.5, 0.6) is 0 Å². The van der Waals surface area contributed by atoms with E-state index in [2.05, 4.69) is 27.3 Å². The molecule has 1 atom stereocenters. The van der Waals surface area contributed by atoms with Crippen LogP contribution < -0.4 is 10.9 Å². The van der Waals surface area contributed by atoms with Crippen LogP contribution in [0.15, 0.2) is 59.5 Å². The van der Waals surface area contributed by atoms with E-state index in [9.17, 15) is 4.79 Å². The van der Waals surface area contributed by atoms with Gasteiger partial charge < -0.3 is 10.3 Å². The number of likely N-dealkylation sites (tertiary alicyclic amines) is 1. The lowest BCUT2D eigenvalue weighted by Crippen LogP contribution is -2.41. The predicted molar refractivity (Wildman–Crippen MR) is 108 cm³/mol. The third-order valence-corrected chi connectivity index (χ3v) is 5.18. The third kappa shape index (κ3) is 3.92. The summed E-state index contributed by atoms with van der Waals surface area (Å²) in [6, 6.07) is 16.4. The van der Waals surface area contributed by atoms with E-state index >= 15 is 0 Å². The Bertz CT molecular complexity index is 969. The fourth-order valence-corrected chi connectivity index (χ4v) is 3.94. The van der Waals surface area contributed by atoms with Crippen molar-refractivity contribution in [3.05, 3.63) is 75.7 Å². The highest BCUT2D eigenvalue weighted by Gasteiger charge is 2.20. The number of H-pyrrole nitrogens is 1. The number of hydrogen-bond donors (Lipinski definition) is 2. The molecule has 1 aromatic heterocycles. The summed E-state index contributed by atoms with van der Waals surface area (Å²) in [6.45, 7) is 3.03. The van der Waals surface area contributed by atoms with Crippen LogP contribution in [-0.4, -0.2) is 29.0 Å². The van der Waals surface area contributed by atoms with Gasteiger partial charge in [-0.3, -0.25) is 9.69 Å². The Morgan fingerprint density at radius 1 is 1.19 bits per heavy atom.